The Hall–Kier alpha value is -4.63. The van der Waals surface area contributed by atoms with E-state index in [9.17, 15) is 19.4 Å². The van der Waals surface area contributed by atoms with Crippen LogP contribution in [0.5, 0.6) is 0 Å². The van der Waals surface area contributed by atoms with Gasteiger partial charge in [0.2, 0.25) is 0 Å². The summed E-state index contributed by atoms with van der Waals surface area (Å²) in [6, 6.07) is 3.26. The maximum Gasteiger partial charge on any atom is 0.267 e. The molecular formula is C30H36FN9O4S. The number of rotatable bonds is 13. The highest BCUT2D eigenvalue weighted by Crippen LogP contribution is 2.50. The number of anilines is 1. The molecule has 2 heterocycles. The number of benzene rings is 1. The summed E-state index contributed by atoms with van der Waals surface area (Å²) in [6.07, 6.45) is 4.37. The van der Waals surface area contributed by atoms with Crippen LogP contribution in [0.3, 0.4) is 0 Å². The van der Waals surface area contributed by atoms with Gasteiger partial charge in [0.1, 0.15) is 29.9 Å². The van der Waals surface area contributed by atoms with Crippen molar-refractivity contribution in [3.63, 3.8) is 0 Å². The van der Waals surface area contributed by atoms with Crippen molar-refractivity contribution in [3.05, 3.63) is 83.8 Å². The van der Waals surface area contributed by atoms with Crippen LogP contribution in [-0.4, -0.2) is 62.0 Å². The number of nitroso groups, excluding NO2 is 2. The Morgan fingerprint density at radius 1 is 1.16 bits per heavy atom. The number of nitrogens with one attached hydrogen (secondary N) is 6. The molecule has 0 bridgehead atoms. The Morgan fingerprint density at radius 2 is 1.89 bits per heavy atom. The predicted octanol–water partition coefficient (Wildman–Crippen LogP) is 4.17. The lowest BCUT2D eigenvalue weighted by atomic mass is 9.86. The summed E-state index contributed by atoms with van der Waals surface area (Å²) in [5.74, 6) is -2.23. The third-order valence-electron chi connectivity index (χ3n) is 7.85. The highest BCUT2D eigenvalue weighted by atomic mass is 32.1. The first-order chi connectivity index (χ1) is 21.4. The highest BCUT2D eigenvalue weighted by molar-refractivity contribution is 7.14. The molecule has 15 heteroatoms. The van der Waals surface area contributed by atoms with Gasteiger partial charge in [-0.15, -0.1) is 11.3 Å². The largest absolute Gasteiger partial charge is 0.390 e. The molecule has 0 radical (unpaired) electrons. The molecule has 238 valence electrons. The fourth-order valence-corrected chi connectivity index (χ4v) is 6.64. The smallest absolute Gasteiger partial charge is 0.267 e. The molecule has 1 aliphatic heterocycles. The zero-order valence-corrected chi connectivity index (χ0v) is 26.3. The second-order valence-corrected chi connectivity index (χ2v) is 12.6. The van der Waals surface area contributed by atoms with E-state index < -0.39 is 30.2 Å². The Balaban J connectivity index is 1.61. The van der Waals surface area contributed by atoms with Gasteiger partial charge in [0, 0.05) is 48.4 Å². The molecule has 0 saturated carbocycles. The summed E-state index contributed by atoms with van der Waals surface area (Å²) in [6.45, 7) is 5.81. The lowest BCUT2D eigenvalue weighted by molar-refractivity contribution is -0.117. The zero-order chi connectivity index (χ0) is 32.9. The molecule has 1 aliphatic carbocycles. The van der Waals surface area contributed by atoms with Crippen molar-refractivity contribution in [2.75, 3.05) is 39.0 Å². The number of nitrogens with zero attached hydrogens (tertiary/aromatic N) is 3. The van der Waals surface area contributed by atoms with E-state index in [4.69, 9.17) is 10.8 Å². The van der Waals surface area contributed by atoms with Crippen LogP contribution in [0.4, 0.5) is 10.1 Å². The summed E-state index contributed by atoms with van der Waals surface area (Å²) in [4.78, 5) is 52.2. The van der Waals surface area contributed by atoms with E-state index in [0.717, 1.165) is 42.2 Å². The molecule has 0 spiro atoms. The molecule has 2 amide bonds. The van der Waals surface area contributed by atoms with E-state index >= 15 is 4.39 Å². The van der Waals surface area contributed by atoms with E-state index in [2.05, 4.69) is 36.5 Å². The standard InChI is InChI=1S/C30H36FN9O4S/c1-30(2)13-24-18(27(30)39-44)11-23(45-24)29(42)38-26-19(14-36-43)17(6-7-20(26)31)21(32)12-22(28(41)35-4)37-25(33)10-16(34-3)15-40-8-5-9-40/h6-7,10-12,27,32,34H,5,8-9,13-15H2,1-4H3,(H2,33,37)(H,35,41)(H,38,42)/b16-10-,22-12+,32-21?. The lowest BCUT2D eigenvalue weighted by Gasteiger charge is -2.31. The maximum atomic E-state index is 15.1. The summed E-state index contributed by atoms with van der Waals surface area (Å²) >= 11 is 1.18. The average molecular weight is 638 g/mol. The molecule has 1 atom stereocenters. The third-order valence-corrected chi connectivity index (χ3v) is 9.00. The van der Waals surface area contributed by atoms with Gasteiger partial charge in [0.05, 0.1) is 16.3 Å². The van der Waals surface area contributed by atoms with Crippen LogP contribution in [-0.2, 0) is 17.8 Å². The van der Waals surface area contributed by atoms with Crippen LogP contribution >= 0.6 is 11.3 Å². The second-order valence-electron chi connectivity index (χ2n) is 11.5. The van der Waals surface area contributed by atoms with Crippen LogP contribution < -0.4 is 21.3 Å². The second kappa shape index (κ2) is 14.0. The minimum atomic E-state index is -0.849. The van der Waals surface area contributed by atoms with Crippen molar-refractivity contribution in [1.82, 2.24) is 20.9 Å². The van der Waals surface area contributed by atoms with E-state index in [0.29, 0.717) is 18.5 Å². The molecule has 4 rings (SSSR count). The van der Waals surface area contributed by atoms with E-state index in [1.165, 1.54) is 24.5 Å². The summed E-state index contributed by atoms with van der Waals surface area (Å²) < 4.78 is 15.1. The maximum absolute atomic E-state index is 15.1. The van der Waals surface area contributed by atoms with E-state index in [1.807, 2.05) is 13.8 Å². The van der Waals surface area contributed by atoms with Crippen molar-refractivity contribution >= 4 is 40.4 Å². The van der Waals surface area contributed by atoms with E-state index in [-0.39, 0.29) is 44.4 Å². The first kappa shape index (κ1) is 33.3. The van der Waals surface area contributed by atoms with Crippen molar-refractivity contribution in [3.8, 4) is 0 Å². The number of thiophene rings is 1. The van der Waals surface area contributed by atoms with Gasteiger partial charge in [-0.05, 0) is 61.2 Å². The molecule has 1 aromatic carbocycles. The van der Waals surface area contributed by atoms with Gasteiger partial charge in [-0.2, -0.15) is 9.81 Å². The number of hydrogen-bond acceptors (Lipinski definition) is 11. The van der Waals surface area contributed by atoms with Crippen LogP contribution in [0.2, 0.25) is 0 Å². The number of hydrogen-bond donors (Lipinski definition) is 6. The summed E-state index contributed by atoms with van der Waals surface area (Å²) in [7, 11) is 3.13. The Kier molecular flexibility index (Phi) is 10.3. The van der Waals surface area contributed by atoms with Crippen molar-refractivity contribution in [2.24, 2.45) is 15.8 Å². The minimum Gasteiger partial charge on any atom is -0.390 e. The van der Waals surface area contributed by atoms with Crippen molar-refractivity contribution in [2.45, 2.75) is 39.3 Å². The third kappa shape index (κ3) is 7.37. The van der Waals surface area contributed by atoms with Crippen LogP contribution in [0.15, 0.2) is 52.1 Å². The summed E-state index contributed by atoms with van der Waals surface area (Å²) in [5, 5.41) is 34.0. The molecule has 1 aromatic heterocycles. The number of amides is 2. The lowest BCUT2D eigenvalue weighted by Crippen LogP contribution is -2.40. The van der Waals surface area contributed by atoms with Gasteiger partial charge in [0.15, 0.2) is 0 Å². The Bertz CT molecular complexity index is 1610. The van der Waals surface area contributed by atoms with Gasteiger partial charge in [-0.1, -0.05) is 24.2 Å². The minimum absolute atomic E-state index is 0.0471. The SMILES string of the molecule is CNC(=O)/C(=C\C(=N)c1ccc(F)c(NC(=O)c2cc3c(s2)CC(C)(C)C3N=O)c1CN=O)NC(=N)/C=C(/CN1CCC1)NC. The Labute approximate surface area is 263 Å². The van der Waals surface area contributed by atoms with Gasteiger partial charge >= 0.3 is 0 Å². The van der Waals surface area contributed by atoms with Gasteiger partial charge < -0.3 is 26.7 Å². The van der Waals surface area contributed by atoms with Crippen LogP contribution in [0.1, 0.15) is 57.5 Å². The number of carbonyl (C=O) groups excluding carboxylic acids is 2. The van der Waals surface area contributed by atoms with E-state index in [1.54, 1.807) is 19.2 Å². The molecule has 1 saturated heterocycles. The molecule has 1 unspecified atom stereocenters. The number of carbonyl (C=O) groups is 2. The average Bonchev–Trinajstić information content (AvgIpc) is 3.48. The fourth-order valence-electron chi connectivity index (χ4n) is 5.31. The first-order valence-corrected chi connectivity index (χ1v) is 15.1. The van der Waals surface area contributed by atoms with Gasteiger partial charge in [-0.25, -0.2) is 4.39 Å². The van der Waals surface area contributed by atoms with Gasteiger partial charge in [0.25, 0.3) is 11.8 Å². The highest BCUT2D eigenvalue weighted by Gasteiger charge is 2.42. The quantitative estimate of drug-likeness (QED) is 0.0821. The van der Waals surface area contributed by atoms with Crippen molar-refractivity contribution in [1.29, 1.82) is 10.8 Å². The molecule has 2 aliphatic rings. The molecular weight excluding hydrogens is 601 g/mol. The number of halogens is 1. The molecule has 13 nitrogen and oxygen atoms in total. The topological polar surface area (TPSA) is 192 Å². The number of fused-ring (bicyclic) bond motifs is 1. The first-order valence-electron chi connectivity index (χ1n) is 14.3. The monoisotopic (exact) mass is 637 g/mol. The molecule has 2 aromatic rings. The van der Waals surface area contributed by atoms with Crippen molar-refractivity contribution < 1.29 is 14.0 Å². The molecule has 1 fully saturated rings. The summed E-state index contributed by atoms with van der Waals surface area (Å²) in [5.41, 5.74) is 0.268. The van der Waals surface area contributed by atoms with Gasteiger partial charge in [-0.3, -0.25) is 19.9 Å². The number of amidine groups is 1. The van der Waals surface area contributed by atoms with Crippen LogP contribution in [0, 0.1) is 31.9 Å². The molecule has 6 N–H and O–H groups in total. The van der Waals surface area contributed by atoms with Crippen LogP contribution in [0.25, 0.3) is 0 Å². The number of likely N-dealkylation sites (tertiary alicyclic amines) is 1. The number of likely N-dealkylation sites (N-methyl/N-ethyl adjacent to an activating group) is 2. The predicted molar refractivity (Wildman–Crippen MR) is 172 cm³/mol. The normalized spacial score (nSPS) is 17.5. The zero-order valence-electron chi connectivity index (χ0n) is 25.5. The fraction of sp³-hybridized carbons (Fsp3) is 0.400. The number of allylic oxidation sites excluding steroid dienone is 1. The molecule has 45 heavy (non-hydrogen) atoms. The Morgan fingerprint density at radius 3 is 2.49 bits per heavy atom.